The average Bonchev–Trinajstić information content (AvgIpc) is 2.60. The summed E-state index contributed by atoms with van der Waals surface area (Å²) < 4.78 is 0. The molecule has 70 valence electrons. The van der Waals surface area contributed by atoms with Crippen LogP contribution in [0.2, 0.25) is 0 Å². The Hall–Kier alpha value is -2.39. The number of nitrogens with zero attached hydrogens (tertiary/aromatic N) is 2. The van der Waals surface area contributed by atoms with Gasteiger partial charge in [0.05, 0.1) is 5.57 Å². The summed E-state index contributed by atoms with van der Waals surface area (Å²) in [5, 5.41) is 0. The van der Waals surface area contributed by atoms with Gasteiger partial charge in [0.2, 0.25) is 0 Å². The van der Waals surface area contributed by atoms with Gasteiger partial charge in [-0.3, -0.25) is 4.79 Å². The lowest BCUT2D eigenvalue weighted by atomic mass is 10.1. The van der Waals surface area contributed by atoms with E-state index in [1.54, 1.807) is 18.2 Å². The van der Waals surface area contributed by atoms with E-state index in [0.29, 0.717) is 11.1 Å². The second kappa shape index (κ2) is 3.40. The maximum absolute atomic E-state index is 11.6. The van der Waals surface area contributed by atoms with Crippen molar-refractivity contribution in [3.05, 3.63) is 64.0 Å². The molecule has 0 radical (unpaired) electrons. The number of fused-ring (bicyclic) bond motifs is 1. The second-order valence-corrected chi connectivity index (χ2v) is 3.17. The minimum absolute atomic E-state index is 0.00769. The summed E-state index contributed by atoms with van der Waals surface area (Å²) in [7, 11) is 0. The van der Waals surface area contributed by atoms with E-state index in [0.717, 1.165) is 5.56 Å². The number of ketones is 1. The van der Waals surface area contributed by atoms with Crippen LogP contribution < -0.4 is 0 Å². The van der Waals surface area contributed by atoms with Crippen LogP contribution in [0.4, 0.5) is 0 Å². The zero-order valence-corrected chi connectivity index (χ0v) is 7.82. The number of hydrogen-bond donors (Lipinski definition) is 0. The Morgan fingerprint density at radius 3 is 2.33 bits per heavy atom. The number of hydrogen-bond acceptors (Lipinski definition) is 1. The summed E-state index contributed by atoms with van der Waals surface area (Å²) in [4.78, 5) is 17.9. The molecule has 0 fully saturated rings. The van der Waals surface area contributed by atoms with Crippen LogP contribution in [0, 0.1) is 13.1 Å². The van der Waals surface area contributed by atoms with Crippen molar-refractivity contribution in [3.63, 3.8) is 0 Å². The van der Waals surface area contributed by atoms with Crippen LogP contribution in [-0.4, -0.2) is 5.78 Å². The molecule has 0 spiro atoms. The zero-order chi connectivity index (χ0) is 10.8. The van der Waals surface area contributed by atoms with Gasteiger partial charge in [-0.2, -0.15) is 9.69 Å². The van der Waals surface area contributed by atoms with Crippen LogP contribution in [0.15, 0.2) is 30.1 Å². The predicted octanol–water partition coefficient (Wildman–Crippen LogP) is 2.78. The molecule has 0 atom stereocenters. The van der Waals surface area contributed by atoms with Gasteiger partial charge in [-0.1, -0.05) is 24.3 Å². The van der Waals surface area contributed by atoms with Crippen molar-refractivity contribution >= 4 is 11.4 Å². The molecule has 0 heterocycles. The van der Waals surface area contributed by atoms with Gasteiger partial charge in [0.1, 0.15) is 13.1 Å². The normalized spacial score (nSPS) is 12.9. The third-order valence-corrected chi connectivity index (χ3v) is 2.37. The van der Waals surface area contributed by atoms with Crippen LogP contribution in [0.5, 0.6) is 0 Å². The molecular formula is C12H6N2O. The molecule has 1 aliphatic rings. The third-order valence-electron chi connectivity index (χ3n) is 2.37. The van der Waals surface area contributed by atoms with Crippen molar-refractivity contribution in [1.82, 2.24) is 0 Å². The number of rotatable bonds is 0. The van der Waals surface area contributed by atoms with Gasteiger partial charge >= 0.3 is 5.82 Å². The van der Waals surface area contributed by atoms with Crippen molar-refractivity contribution < 1.29 is 4.79 Å². The minimum atomic E-state index is -0.00889. The van der Waals surface area contributed by atoms with E-state index in [1.165, 1.54) is 0 Å². The van der Waals surface area contributed by atoms with Gasteiger partial charge in [0, 0.05) is 12.0 Å². The molecular weight excluding hydrogens is 188 g/mol. The fraction of sp³-hybridized carbons (Fsp3) is 0.0833. The molecule has 0 unspecified atom stereocenters. The zero-order valence-electron chi connectivity index (χ0n) is 7.82. The van der Waals surface area contributed by atoms with Gasteiger partial charge in [-0.25, -0.2) is 0 Å². The van der Waals surface area contributed by atoms with E-state index in [-0.39, 0.29) is 18.0 Å². The van der Waals surface area contributed by atoms with Gasteiger partial charge in [0.15, 0.2) is 5.78 Å². The predicted molar refractivity (Wildman–Crippen MR) is 55.5 cm³/mol. The smallest absolute Gasteiger partial charge is 0.294 e. The van der Waals surface area contributed by atoms with Crippen molar-refractivity contribution in [2.75, 3.05) is 0 Å². The number of Topliss-reactive ketones (excluding diaryl/α,β-unsaturated/α-hetero) is 1. The number of carbonyl (C=O) groups is 1. The van der Waals surface area contributed by atoms with Crippen LogP contribution >= 0.6 is 0 Å². The molecule has 0 saturated carbocycles. The van der Waals surface area contributed by atoms with Crippen molar-refractivity contribution in [2.24, 2.45) is 0 Å². The monoisotopic (exact) mass is 194 g/mol. The Morgan fingerprint density at radius 1 is 1.13 bits per heavy atom. The molecule has 2 rings (SSSR count). The Bertz CT molecular complexity index is 540. The van der Waals surface area contributed by atoms with Crippen LogP contribution in [0.3, 0.4) is 0 Å². The summed E-state index contributed by atoms with van der Waals surface area (Å²) in [5.74, 6) is -0.00120. The van der Waals surface area contributed by atoms with Crippen LogP contribution in [0.1, 0.15) is 22.3 Å². The number of carbonyl (C=O) groups excluding carboxylic acids is 1. The van der Waals surface area contributed by atoms with Gasteiger partial charge in [-0.05, 0) is 5.56 Å². The van der Waals surface area contributed by atoms with E-state index in [4.69, 9.17) is 13.1 Å². The van der Waals surface area contributed by atoms with E-state index < -0.39 is 0 Å². The lowest BCUT2D eigenvalue weighted by molar-refractivity contribution is 0.100. The quantitative estimate of drug-likeness (QED) is 0.583. The first-order valence-electron chi connectivity index (χ1n) is 4.38. The van der Waals surface area contributed by atoms with E-state index >= 15 is 0 Å². The highest BCUT2D eigenvalue weighted by atomic mass is 16.1. The van der Waals surface area contributed by atoms with Crippen molar-refractivity contribution in [1.29, 1.82) is 0 Å². The maximum atomic E-state index is 11.6. The highest BCUT2D eigenvalue weighted by Crippen LogP contribution is 2.34. The Kier molecular flexibility index (Phi) is 2.08. The SMILES string of the molecule is [C-]#[N+]C([N+]#[C-])=C1CC(=O)c2ccccc21. The Morgan fingerprint density at radius 2 is 1.73 bits per heavy atom. The molecule has 0 amide bonds. The lowest BCUT2D eigenvalue weighted by Crippen LogP contribution is -1.88. The first-order chi connectivity index (χ1) is 7.27. The summed E-state index contributed by atoms with van der Waals surface area (Å²) in [6, 6.07) is 7.11. The topological polar surface area (TPSA) is 25.8 Å². The largest absolute Gasteiger partial charge is 0.523 e. The summed E-state index contributed by atoms with van der Waals surface area (Å²) >= 11 is 0. The van der Waals surface area contributed by atoms with Gasteiger partial charge < -0.3 is 0 Å². The second-order valence-electron chi connectivity index (χ2n) is 3.17. The van der Waals surface area contributed by atoms with Crippen LogP contribution in [-0.2, 0) is 0 Å². The third kappa shape index (κ3) is 1.31. The number of allylic oxidation sites excluding steroid dienone is 1. The Labute approximate surface area is 87.3 Å². The van der Waals surface area contributed by atoms with E-state index in [1.807, 2.05) is 6.07 Å². The average molecular weight is 194 g/mol. The van der Waals surface area contributed by atoms with E-state index in [2.05, 4.69) is 9.69 Å². The van der Waals surface area contributed by atoms with Gasteiger partial charge in [-0.15, -0.1) is 0 Å². The molecule has 1 aromatic rings. The Balaban J connectivity index is 2.71. The molecule has 0 aliphatic heterocycles. The molecule has 1 aliphatic carbocycles. The first-order valence-corrected chi connectivity index (χ1v) is 4.38. The van der Waals surface area contributed by atoms with Crippen molar-refractivity contribution in [2.45, 2.75) is 6.42 Å². The fourth-order valence-electron chi connectivity index (χ4n) is 1.70. The summed E-state index contributed by atoms with van der Waals surface area (Å²) in [5.41, 5.74) is 1.93. The highest BCUT2D eigenvalue weighted by molar-refractivity contribution is 6.12. The first kappa shape index (κ1) is 9.18. The molecule has 0 saturated heterocycles. The fourth-order valence-corrected chi connectivity index (χ4v) is 1.70. The molecule has 0 aromatic heterocycles. The molecule has 0 N–H and O–H groups in total. The van der Waals surface area contributed by atoms with Gasteiger partial charge in [0.25, 0.3) is 0 Å². The lowest BCUT2D eigenvalue weighted by Gasteiger charge is -1.94. The molecule has 0 bridgehead atoms. The molecule has 3 nitrogen and oxygen atoms in total. The van der Waals surface area contributed by atoms with Crippen LogP contribution in [0.25, 0.3) is 15.3 Å². The van der Waals surface area contributed by atoms with Crippen molar-refractivity contribution in [3.8, 4) is 0 Å². The number of benzene rings is 1. The summed E-state index contributed by atoms with van der Waals surface area (Å²) in [6.45, 7) is 13.7. The summed E-state index contributed by atoms with van der Waals surface area (Å²) in [6.07, 6.45) is 0.180. The molecule has 15 heavy (non-hydrogen) atoms. The maximum Gasteiger partial charge on any atom is 0.523 e. The molecule has 3 heteroatoms. The standard InChI is InChI=1S/C12H6N2O/c1-13-12(14-2)10-7-11(15)9-6-4-3-5-8(9)10/h3-6H,7H2. The minimum Gasteiger partial charge on any atom is -0.294 e. The highest BCUT2D eigenvalue weighted by Gasteiger charge is 2.29. The molecule has 1 aromatic carbocycles. The van der Waals surface area contributed by atoms with E-state index in [9.17, 15) is 4.79 Å².